The molecule has 0 fully saturated rings. The average Bonchev–Trinajstić information content (AvgIpc) is 2.38. The molecule has 0 spiro atoms. The lowest BCUT2D eigenvalue weighted by Gasteiger charge is -2.16. The van der Waals surface area contributed by atoms with Crippen LogP contribution in [0.2, 0.25) is 0 Å². The summed E-state index contributed by atoms with van der Waals surface area (Å²) in [6, 6.07) is 7.48. The standard InChI is InChI=1S/C15H19NO3/c1-3-4-14(17)16(2)11-13-7-5-12(6-8-13)9-10-15(18)19/h5-10H,3-4,11H2,1-2H3,(H,18,19). The van der Waals surface area contributed by atoms with Gasteiger partial charge in [0.15, 0.2) is 0 Å². The first-order chi connectivity index (χ1) is 9.02. The lowest BCUT2D eigenvalue weighted by molar-refractivity contribution is -0.131. The summed E-state index contributed by atoms with van der Waals surface area (Å²) >= 11 is 0. The Morgan fingerprint density at radius 3 is 2.42 bits per heavy atom. The van der Waals surface area contributed by atoms with Crippen LogP contribution in [0.15, 0.2) is 30.3 Å². The molecule has 0 aliphatic rings. The van der Waals surface area contributed by atoms with Gasteiger partial charge < -0.3 is 10.0 Å². The molecule has 1 rings (SSSR count). The van der Waals surface area contributed by atoms with E-state index in [1.807, 2.05) is 31.2 Å². The van der Waals surface area contributed by atoms with Crippen LogP contribution < -0.4 is 0 Å². The lowest BCUT2D eigenvalue weighted by Crippen LogP contribution is -2.25. The summed E-state index contributed by atoms with van der Waals surface area (Å²) in [7, 11) is 1.79. The zero-order valence-corrected chi connectivity index (χ0v) is 11.3. The fraction of sp³-hybridized carbons (Fsp3) is 0.333. The largest absolute Gasteiger partial charge is 0.478 e. The Labute approximate surface area is 113 Å². The highest BCUT2D eigenvalue weighted by Gasteiger charge is 2.07. The van der Waals surface area contributed by atoms with E-state index in [1.54, 1.807) is 11.9 Å². The second-order valence-corrected chi connectivity index (χ2v) is 4.41. The number of carbonyl (C=O) groups excluding carboxylic acids is 1. The number of nitrogens with zero attached hydrogens (tertiary/aromatic N) is 1. The van der Waals surface area contributed by atoms with Crippen molar-refractivity contribution in [3.8, 4) is 0 Å². The number of rotatable bonds is 6. The third-order valence-corrected chi connectivity index (χ3v) is 2.71. The Bertz CT molecular complexity index is 463. The number of benzene rings is 1. The Balaban J connectivity index is 2.61. The number of aliphatic carboxylic acids is 1. The van der Waals surface area contributed by atoms with Gasteiger partial charge in [-0.2, -0.15) is 0 Å². The summed E-state index contributed by atoms with van der Waals surface area (Å²) in [5.41, 5.74) is 1.85. The molecular weight excluding hydrogens is 242 g/mol. The van der Waals surface area contributed by atoms with E-state index in [-0.39, 0.29) is 5.91 Å². The van der Waals surface area contributed by atoms with Crippen LogP contribution in [0, 0.1) is 0 Å². The van der Waals surface area contributed by atoms with Crippen LogP contribution >= 0.6 is 0 Å². The normalized spacial score (nSPS) is 10.6. The number of amides is 1. The van der Waals surface area contributed by atoms with Crippen molar-refractivity contribution in [2.75, 3.05) is 7.05 Å². The van der Waals surface area contributed by atoms with Crippen LogP contribution in [-0.4, -0.2) is 28.9 Å². The van der Waals surface area contributed by atoms with Crippen molar-refractivity contribution in [2.24, 2.45) is 0 Å². The molecule has 102 valence electrons. The second-order valence-electron chi connectivity index (χ2n) is 4.41. The first kappa shape index (κ1) is 15.0. The molecule has 0 heterocycles. The number of carboxylic acids is 1. The first-order valence-electron chi connectivity index (χ1n) is 6.27. The molecule has 0 aliphatic heterocycles. The molecule has 1 N–H and O–H groups in total. The zero-order chi connectivity index (χ0) is 14.3. The van der Waals surface area contributed by atoms with Gasteiger partial charge in [0.2, 0.25) is 5.91 Å². The van der Waals surface area contributed by atoms with Crippen molar-refractivity contribution in [3.05, 3.63) is 41.5 Å². The summed E-state index contributed by atoms with van der Waals surface area (Å²) in [5.74, 6) is -0.827. The predicted octanol–water partition coefficient (Wildman–Crippen LogP) is 2.54. The molecule has 0 aromatic heterocycles. The van der Waals surface area contributed by atoms with Gasteiger partial charge in [0.25, 0.3) is 0 Å². The van der Waals surface area contributed by atoms with E-state index in [0.29, 0.717) is 13.0 Å². The monoisotopic (exact) mass is 261 g/mol. The van der Waals surface area contributed by atoms with E-state index in [0.717, 1.165) is 23.6 Å². The molecule has 1 amide bonds. The van der Waals surface area contributed by atoms with Crippen molar-refractivity contribution in [3.63, 3.8) is 0 Å². The van der Waals surface area contributed by atoms with Crippen LogP contribution in [0.3, 0.4) is 0 Å². The van der Waals surface area contributed by atoms with Crippen LogP contribution in [0.1, 0.15) is 30.9 Å². The average molecular weight is 261 g/mol. The quantitative estimate of drug-likeness (QED) is 0.801. The van der Waals surface area contributed by atoms with E-state index >= 15 is 0 Å². The van der Waals surface area contributed by atoms with Crippen molar-refractivity contribution >= 4 is 18.0 Å². The van der Waals surface area contributed by atoms with Crippen LogP contribution in [0.25, 0.3) is 6.08 Å². The van der Waals surface area contributed by atoms with Gasteiger partial charge in [-0.3, -0.25) is 4.79 Å². The molecule has 4 heteroatoms. The summed E-state index contributed by atoms with van der Waals surface area (Å²) < 4.78 is 0. The van der Waals surface area contributed by atoms with Gasteiger partial charge in [-0.15, -0.1) is 0 Å². The molecule has 0 aliphatic carbocycles. The molecule has 0 saturated heterocycles. The smallest absolute Gasteiger partial charge is 0.328 e. The maximum atomic E-state index is 11.6. The van der Waals surface area contributed by atoms with Crippen molar-refractivity contribution in [2.45, 2.75) is 26.3 Å². The van der Waals surface area contributed by atoms with Crippen LogP contribution in [0.4, 0.5) is 0 Å². The van der Waals surface area contributed by atoms with E-state index in [4.69, 9.17) is 5.11 Å². The van der Waals surface area contributed by atoms with Crippen molar-refractivity contribution in [1.82, 2.24) is 4.90 Å². The Hall–Kier alpha value is -2.10. The summed E-state index contributed by atoms with van der Waals surface area (Å²) in [5, 5.41) is 8.53. The third kappa shape index (κ3) is 5.38. The topological polar surface area (TPSA) is 57.6 Å². The Morgan fingerprint density at radius 1 is 1.26 bits per heavy atom. The van der Waals surface area contributed by atoms with Gasteiger partial charge >= 0.3 is 5.97 Å². The SMILES string of the molecule is CCCC(=O)N(C)Cc1ccc(C=CC(=O)O)cc1. The molecule has 0 bridgehead atoms. The lowest BCUT2D eigenvalue weighted by atomic mass is 10.1. The van der Waals surface area contributed by atoms with Crippen LogP contribution in [0.5, 0.6) is 0 Å². The van der Waals surface area contributed by atoms with E-state index in [1.165, 1.54) is 6.08 Å². The molecule has 4 nitrogen and oxygen atoms in total. The molecule has 19 heavy (non-hydrogen) atoms. The molecule has 0 saturated carbocycles. The minimum atomic E-state index is -0.964. The van der Waals surface area contributed by atoms with Gasteiger partial charge in [0.05, 0.1) is 0 Å². The third-order valence-electron chi connectivity index (χ3n) is 2.71. The van der Waals surface area contributed by atoms with Gasteiger partial charge in [0, 0.05) is 26.1 Å². The summed E-state index contributed by atoms with van der Waals surface area (Å²) in [6.45, 7) is 2.55. The van der Waals surface area contributed by atoms with E-state index in [2.05, 4.69) is 0 Å². The summed E-state index contributed by atoms with van der Waals surface area (Å²) in [6.07, 6.45) is 4.06. The van der Waals surface area contributed by atoms with Gasteiger partial charge in [-0.1, -0.05) is 31.2 Å². The maximum Gasteiger partial charge on any atom is 0.328 e. The maximum absolute atomic E-state index is 11.6. The summed E-state index contributed by atoms with van der Waals surface area (Å²) in [4.78, 5) is 23.7. The van der Waals surface area contributed by atoms with Gasteiger partial charge in [0.1, 0.15) is 0 Å². The zero-order valence-electron chi connectivity index (χ0n) is 11.3. The van der Waals surface area contributed by atoms with Crippen molar-refractivity contribution in [1.29, 1.82) is 0 Å². The predicted molar refractivity (Wildman–Crippen MR) is 74.5 cm³/mol. The highest BCUT2D eigenvalue weighted by atomic mass is 16.4. The minimum absolute atomic E-state index is 0.136. The highest BCUT2D eigenvalue weighted by molar-refractivity contribution is 5.85. The number of carbonyl (C=O) groups is 2. The fourth-order valence-electron chi connectivity index (χ4n) is 1.67. The first-order valence-corrected chi connectivity index (χ1v) is 6.27. The molecule has 0 radical (unpaired) electrons. The van der Waals surface area contributed by atoms with Crippen LogP contribution in [-0.2, 0) is 16.1 Å². The van der Waals surface area contributed by atoms with Gasteiger partial charge in [-0.05, 0) is 23.6 Å². The van der Waals surface area contributed by atoms with E-state index < -0.39 is 5.97 Å². The molecule has 1 aromatic carbocycles. The number of hydrogen-bond acceptors (Lipinski definition) is 2. The number of carboxylic acid groups (broad SMARTS) is 1. The highest BCUT2D eigenvalue weighted by Crippen LogP contribution is 2.09. The Morgan fingerprint density at radius 2 is 1.89 bits per heavy atom. The Kier molecular flexibility index (Phi) is 5.79. The molecule has 0 atom stereocenters. The molecule has 0 unspecified atom stereocenters. The second kappa shape index (κ2) is 7.36. The molecular formula is C15H19NO3. The van der Waals surface area contributed by atoms with Gasteiger partial charge in [-0.25, -0.2) is 4.79 Å². The number of hydrogen-bond donors (Lipinski definition) is 1. The van der Waals surface area contributed by atoms with Crippen molar-refractivity contribution < 1.29 is 14.7 Å². The minimum Gasteiger partial charge on any atom is -0.478 e. The van der Waals surface area contributed by atoms with E-state index in [9.17, 15) is 9.59 Å². The molecule has 1 aromatic rings. The fourth-order valence-corrected chi connectivity index (χ4v) is 1.67.